The van der Waals surface area contributed by atoms with E-state index in [4.69, 9.17) is 0 Å². The average molecular weight is 351 g/mol. The molecule has 0 amide bonds. The summed E-state index contributed by atoms with van der Waals surface area (Å²) in [6.45, 7) is 4.82. The van der Waals surface area contributed by atoms with Crippen molar-refractivity contribution in [2.45, 2.75) is 30.5 Å². The van der Waals surface area contributed by atoms with Gasteiger partial charge in [0.2, 0.25) is 10.0 Å². The number of piperidine rings is 1. The van der Waals surface area contributed by atoms with Crippen LogP contribution in [0.25, 0.3) is 0 Å². The number of thiophene rings is 1. The van der Waals surface area contributed by atoms with Crippen LogP contribution in [-0.4, -0.2) is 21.5 Å². The molecule has 0 spiro atoms. The molecule has 1 saturated heterocycles. The van der Waals surface area contributed by atoms with Crippen LogP contribution in [-0.2, 0) is 16.6 Å². The molecule has 1 N–H and O–H groups in total. The van der Waals surface area contributed by atoms with E-state index in [1.54, 1.807) is 17.5 Å². The van der Waals surface area contributed by atoms with E-state index in [1.165, 1.54) is 29.9 Å². The van der Waals surface area contributed by atoms with E-state index in [-0.39, 0.29) is 0 Å². The minimum Gasteiger partial charge on any atom is -0.371 e. The molecule has 0 aliphatic carbocycles. The lowest BCUT2D eigenvalue weighted by molar-refractivity contribution is 0.447. The van der Waals surface area contributed by atoms with Gasteiger partial charge < -0.3 is 4.90 Å². The molecule has 0 radical (unpaired) electrons. The molecule has 0 saturated carbocycles. The van der Waals surface area contributed by atoms with Crippen molar-refractivity contribution >= 4 is 27.0 Å². The molecule has 0 bridgehead atoms. The van der Waals surface area contributed by atoms with Gasteiger partial charge in [0, 0.05) is 25.3 Å². The van der Waals surface area contributed by atoms with E-state index in [0.717, 1.165) is 24.6 Å². The smallest absolute Gasteiger partial charge is 0.250 e. The van der Waals surface area contributed by atoms with Gasteiger partial charge in [0.15, 0.2) is 0 Å². The van der Waals surface area contributed by atoms with Crippen LogP contribution in [0.4, 0.5) is 5.69 Å². The number of nitrogens with one attached hydrogen (secondary N) is 1. The maximum atomic E-state index is 12.1. The highest BCUT2D eigenvalue weighted by Crippen LogP contribution is 2.23. The van der Waals surface area contributed by atoms with E-state index in [1.807, 2.05) is 12.1 Å². The Morgan fingerprint density at radius 2 is 2.04 bits per heavy atom. The maximum absolute atomic E-state index is 12.1. The van der Waals surface area contributed by atoms with Crippen molar-refractivity contribution in [3.8, 4) is 0 Å². The van der Waals surface area contributed by atoms with Gasteiger partial charge >= 0.3 is 0 Å². The summed E-state index contributed by atoms with van der Waals surface area (Å²) in [5.41, 5.74) is 2.19. The molecule has 1 atom stereocenters. The van der Waals surface area contributed by atoms with Gasteiger partial charge in [0.1, 0.15) is 4.21 Å². The average Bonchev–Trinajstić information content (AvgIpc) is 3.09. The second kappa shape index (κ2) is 7.03. The summed E-state index contributed by atoms with van der Waals surface area (Å²) in [5.74, 6) is 0.737. The van der Waals surface area contributed by atoms with Gasteiger partial charge in [-0.15, -0.1) is 11.3 Å². The largest absolute Gasteiger partial charge is 0.371 e. The van der Waals surface area contributed by atoms with Gasteiger partial charge in [0.05, 0.1) is 0 Å². The van der Waals surface area contributed by atoms with Crippen LogP contribution >= 0.6 is 11.3 Å². The lowest BCUT2D eigenvalue weighted by Gasteiger charge is -2.32. The summed E-state index contributed by atoms with van der Waals surface area (Å²) in [4.78, 5) is 2.41. The second-order valence-corrected chi connectivity index (χ2v) is 9.06. The van der Waals surface area contributed by atoms with Crippen molar-refractivity contribution in [2.24, 2.45) is 5.92 Å². The summed E-state index contributed by atoms with van der Waals surface area (Å²) >= 11 is 1.23. The number of hydrogen-bond acceptors (Lipinski definition) is 4. The van der Waals surface area contributed by atoms with E-state index in [2.05, 4.69) is 28.7 Å². The topological polar surface area (TPSA) is 49.4 Å². The van der Waals surface area contributed by atoms with Gasteiger partial charge in [-0.05, 0) is 47.9 Å². The molecule has 1 aliphatic rings. The van der Waals surface area contributed by atoms with Crippen LogP contribution in [0.15, 0.2) is 46.0 Å². The molecule has 0 unspecified atom stereocenters. The fourth-order valence-corrected chi connectivity index (χ4v) is 4.97. The lowest BCUT2D eigenvalue weighted by atomic mass is 9.99. The monoisotopic (exact) mass is 350 g/mol. The summed E-state index contributed by atoms with van der Waals surface area (Å²) in [6.07, 6.45) is 2.54. The number of anilines is 1. The quantitative estimate of drug-likeness (QED) is 0.898. The second-order valence-electron chi connectivity index (χ2n) is 6.12. The van der Waals surface area contributed by atoms with E-state index in [0.29, 0.717) is 10.8 Å². The van der Waals surface area contributed by atoms with Crippen LogP contribution in [0, 0.1) is 5.92 Å². The van der Waals surface area contributed by atoms with E-state index < -0.39 is 10.0 Å². The predicted octanol–water partition coefficient (Wildman–Crippen LogP) is 3.46. The van der Waals surface area contributed by atoms with Crippen molar-refractivity contribution in [3.63, 3.8) is 0 Å². The van der Waals surface area contributed by atoms with Crippen LogP contribution in [0.3, 0.4) is 0 Å². The zero-order valence-corrected chi connectivity index (χ0v) is 14.9. The fourth-order valence-electron chi connectivity index (χ4n) is 2.91. The summed E-state index contributed by atoms with van der Waals surface area (Å²) in [5, 5.41) is 1.77. The molecule has 4 nitrogen and oxygen atoms in total. The standard InChI is InChI=1S/C17H22N2O2S2/c1-14-4-2-10-19(13-14)16-8-6-15(7-9-16)12-18-23(20,21)17-5-3-11-22-17/h3,5-9,11,14,18H,2,4,10,12-13H2,1H3/t14-/m0/s1. The Morgan fingerprint density at radius 1 is 1.26 bits per heavy atom. The normalized spacial score (nSPS) is 19.0. The zero-order valence-electron chi connectivity index (χ0n) is 13.2. The highest BCUT2D eigenvalue weighted by atomic mass is 32.2. The Balaban J connectivity index is 1.62. The Morgan fingerprint density at radius 3 is 2.70 bits per heavy atom. The van der Waals surface area contributed by atoms with Crippen LogP contribution < -0.4 is 9.62 Å². The SMILES string of the molecule is C[C@H]1CCCN(c2ccc(CNS(=O)(=O)c3cccs3)cc2)C1. The summed E-state index contributed by atoms with van der Waals surface area (Å²) in [7, 11) is -3.39. The maximum Gasteiger partial charge on any atom is 0.250 e. The summed E-state index contributed by atoms with van der Waals surface area (Å²) in [6, 6.07) is 11.6. The highest BCUT2D eigenvalue weighted by Gasteiger charge is 2.17. The molecule has 124 valence electrons. The van der Waals surface area contributed by atoms with Crippen molar-refractivity contribution in [2.75, 3.05) is 18.0 Å². The fraction of sp³-hybridized carbons (Fsp3) is 0.412. The van der Waals surface area contributed by atoms with Gasteiger partial charge in [-0.1, -0.05) is 25.1 Å². The van der Waals surface area contributed by atoms with Crippen molar-refractivity contribution in [1.29, 1.82) is 0 Å². The van der Waals surface area contributed by atoms with E-state index in [9.17, 15) is 8.42 Å². The molecule has 2 heterocycles. The Labute approximate surface area is 142 Å². The minimum absolute atomic E-state index is 0.316. The van der Waals surface area contributed by atoms with Gasteiger partial charge in [0.25, 0.3) is 0 Å². The number of sulfonamides is 1. The number of rotatable bonds is 5. The van der Waals surface area contributed by atoms with Crippen molar-refractivity contribution in [1.82, 2.24) is 4.72 Å². The third kappa shape index (κ3) is 4.13. The number of hydrogen-bond donors (Lipinski definition) is 1. The molecule has 3 rings (SSSR count). The first-order chi connectivity index (χ1) is 11.0. The first kappa shape index (κ1) is 16.5. The lowest BCUT2D eigenvalue weighted by Crippen LogP contribution is -2.34. The van der Waals surface area contributed by atoms with Crippen LogP contribution in [0.1, 0.15) is 25.3 Å². The zero-order chi connectivity index (χ0) is 16.3. The highest BCUT2D eigenvalue weighted by molar-refractivity contribution is 7.91. The number of nitrogens with zero attached hydrogens (tertiary/aromatic N) is 1. The molecule has 1 aromatic heterocycles. The Kier molecular flexibility index (Phi) is 5.04. The molecule has 1 aromatic carbocycles. The minimum atomic E-state index is -3.39. The molecule has 1 aliphatic heterocycles. The molecular weight excluding hydrogens is 328 g/mol. The molecular formula is C17H22N2O2S2. The third-order valence-electron chi connectivity index (χ3n) is 4.18. The van der Waals surface area contributed by atoms with E-state index >= 15 is 0 Å². The predicted molar refractivity (Wildman–Crippen MR) is 95.4 cm³/mol. The number of benzene rings is 1. The summed E-state index contributed by atoms with van der Waals surface area (Å²) < 4.78 is 27.2. The Hall–Kier alpha value is -1.37. The van der Waals surface area contributed by atoms with Gasteiger partial charge in [-0.3, -0.25) is 0 Å². The first-order valence-corrected chi connectivity index (χ1v) is 10.3. The molecule has 23 heavy (non-hydrogen) atoms. The molecule has 1 fully saturated rings. The van der Waals surface area contributed by atoms with Crippen molar-refractivity contribution < 1.29 is 8.42 Å². The van der Waals surface area contributed by atoms with Gasteiger partial charge in [-0.25, -0.2) is 13.1 Å². The molecule has 6 heteroatoms. The van der Waals surface area contributed by atoms with Crippen molar-refractivity contribution in [3.05, 3.63) is 47.3 Å². The van der Waals surface area contributed by atoms with Gasteiger partial charge in [-0.2, -0.15) is 0 Å². The molecule has 2 aromatic rings. The third-order valence-corrected chi connectivity index (χ3v) is 6.98. The Bertz CT molecular complexity index is 724. The first-order valence-electron chi connectivity index (χ1n) is 7.92. The van der Waals surface area contributed by atoms with Crippen LogP contribution in [0.5, 0.6) is 0 Å². The van der Waals surface area contributed by atoms with Crippen LogP contribution in [0.2, 0.25) is 0 Å².